The van der Waals surface area contributed by atoms with Crippen molar-refractivity contribution in [1.82, 2.24) is 10.6 Å². The molecule has 0 rings (SSSR count). The Morgan fingerprint density at radius 1 is 1.62 bits per heavy atom. The lowest BCUT2D eigenvalue weighted by molar-refractivity contribution is 0.116. The lowest BCUT2D eigenvalue weighted by atomic mass is 10.9. The van der Waals surface area contributed by atoms with Crippen LogP contribution in [0, 0.1) is 0 Å². The Labute approximate surface area is 45.1 Å². The van der Waals surface area contributed by atoms with Crippen molar-refractivity contribution in [2.75, 3.05) is 7.05 Å². The standard InChI is InChI=1S/C3H6F2N2O/c1-6-3(8)7-2(4)5/h2H,1H3,(H2,6,7,8). The van der Waals surface area contributed by atoms with Gasteiger partial charge in [0.2, 0.25) is 0 Å². The van der Waals surface area contributed by atoms with Gasteiger partial charge in [-0.2, -0.15) is 8.78 Å². The van der Waals surface area contributed by atoms with Crippen LogP contribution in [0.5, 0.6) is 0 Å². The molecule has 48 valence electrons. The molecular weight excluding hydrogens is 118 g/mol. The quantitative estimate of drug-likeness (QED) is 0.479. The number of carbonyl (C=O) groups is 1. The smallest absolute Gasteiger partial charge is 0.318 e. The maximum Gasteiger partial charge on any atom is 0.318 e. The maximum atomic E-state index is 11.1. The van der Waals surface area contributed by atoms with Gasteiger partial charge >= 0.3 is 12.6 Å². The SMILES string of the molecule is CNC(=O)NC(F)F. The molecule has 0 fully saturated rings. The number of carbonyl (C=O) groups excluding carboxylic acids is 1. The second-order valence-electron chi connectivity index (χ2n) is 1.02. The van der Waals surface area contributed by atoms with Gasteiger partial charge in [-0.25, -0.2) is 4.79 Å². The number of hydrogen-bond acceptors (Lipinski definition) is 1. The molecule has 0 saturated carbocycles. The van der Waals surface area contributed by atoms with Crippen molar-refractivity contribution >= 4 is 6.03 Å². The number of rotatable bonds is 1. The minimum absolute atomic E-state index is 0.875. The molecule has 0 spiro atoms. The molecule has 2 N–H and O–H groups in total. The lowest BCUT2D eigenvalue weighted by Gasteiger charge is -1.99. The van der Waals surface area contributed by atoms with Gasteiger partial charge in [0.15, 0.2) is 0 Å². The molecule has 0 aliphatic rings. The zero-order chi connectivity index (χ0) is 6.57. The molecule has 0 aliphatic carbocycles. The van der Waals surface area contributed by atoms with E-state index in [4.69, 9.17) is 0 Å². The van der Waals surface area contributed by atoms with Gasteiger partial charge in [0, 0.05) is 7.05 Å². The van der Waals surface area contributed by atoms with Gasteiger partial charge in [-0.3, -0.25) is 5.32 Å². The third-order valence-electron chi connectivity index (χ3n) is 0.467. The summed E-state index contributed by atoms with van der Waals surface area (Å²) < 4.78 is 22.2. The predicted molar refractivity (Wildman–Crippen MR) is 23.6 cm³/mol. The molecular formula is C3H6F2N2O. The monoisotopic (exact) mass is 124 g/mol. The van der Waals surface area contributed by atoms with Crippen LogP contribution in [-0.4, -0.2) is 19.6 Å². The first-order valence-corrected chi connectivity index (χ1v) is 1.93. The summed E-state index contributed by atoms with van der Waals surface area (Å²) in [5.74, 6) is 0. The van der Waals surface area contributed by atoms with Crippen LogP contribution in [0.15, 0.2) is 0 Å². The highest BCUT2D eigenvalue weighted by Crippen LogP contribution is 1.82. The summed E-state index contributed by atoms with van der Waals surface area (Å²) in [5.41, 5.74) is 0. The zero-order valence-electron chi connectivity index (χ0n) is 4.24. The predicted octanol–water partition coefficient (Wildman–Crippen LogP) is 0.138. The minimum Gasteiger partial charge on any atom is -0.341 e. The van der Waals surface area contributed by atoms with Gasteiger partial charge in [-0.15, -0.1) is 0 Å². The van der Waals surface area contributed by atoms with Gasteiger partial charge in [-0.1, -0.05) is 0 Å². The van der Waals surface area contributed by atoms with E-state index >= 15 is 0 Å². The van der Waals surface area contributed by atoms with E-state index in [0.29, 0.717) is 0 Å². The highest BCUT2D eigenvalue weighted by Gasteiger charge is 2.03. The van der Waals surface area contributed by atoms with E-state index in [1.54, 1.807) is 0 Å². The van der Waals surface area contributed by atoms with E-state index in [2.05, 4.69) is 0 Å². The van der Waals surface area contributed by atoms with E-state index in [-0.39, 0.29) is 0 Å². The van der Waals surface area contributed by atoms with E-state index in [0.717, 1.165) is 0 Å². The summed E-state index contributed by atoms with van der Waals surface area (Å²) in [6.07, 6.45) is 0. The first-order valence-electron chi connectivity index (χ1n) is 1.93. The van der Waals surface area contributed by atoms with Crippen LogP contribution in [0.1, 0.15) is 0 Å². The molecule has 0 atom stereocenters. The van der Waals surface area contributed by atoms with E-state index < -0.39 is 12.6 Å². The summed E-state index contributed by atoms with van der Waals surface area (Å²) in [6.45, 7) is -2.78. The Hall–Kier alpha value is -0.870. The molecule has 0 bridgehead atoms. The maximum absolute atomic E-state index is 11.1. The van der Waals surface area contributed by atoms with E-state index in [1.165, 1.54) is 12.4 Å². The Morgan fingerprint density at radius 2 is 2.12 bits per heavy atom. The van der Waals surface area contributed by atoms with Crippen molar-refractivity contribution in [2.45, 2.75) is 6.55 Å². The molecule has 2 amide bonds. The second-order valence-corrected chi connectivity index (χ2v) is 1.02. The van der Waals surface area contributed by atoms with Gasteiger partial charge in [0.1, 0.15) is 0 Å². The summed E-state index contributed by atoms with van der Waals surface area (Å²) in [6, 6.07) is -0.875. The highest BCUT2D eigenvalue weighted by molar-refractivity contribution is 5.73. The summed E-state index contributed by atoms with van der Waals surface area (Å²) in [7, 11) is 1.26. The highest BCUT2D eigenvalue weighted by atomic mass is 19.3. The topological polar surface area (TPSA) is 41.1 Å². The van der Waals surface area contributed by atoms with Crippen LogP contribution in [0.4, 0.5) is 13.6 Å². The van der Waals surface area contributed by atoms with Crippen molar-refractivity contribution in [1.29, 1.82) is 0 Å². The summed E-state index contributed by atoms with van der Waals surface area (Å²) in [4.78, 5) is 9.92. The molecule has 3 nitrogen and oxygen atoms in total. The van der Waals surface area contributed by atoms with E-state index in [9.17, 15) is 13.6 Å². The molecule has 8 heavy (non-hydrogen) atoms. The third kappa shape index (κ3) is 3.32. The molecule has 0 aliphatic heterocycles. The number of urea groups is 1. The van der Waals surface area contributed by atoms with Crippen molar-refractivity contribution in [2.24, 2.45) is 0 Å². The van der Waals surface area contributed by atoms with Crippen LogP contribution in [0.25, 0.3) is 0 Å². The Bertz CT molecular complexity index is 85.4. The third-order valence-corrected chi connectivity index (χ3v) is 0.467. The molecule has 0 unspecified atom stereocenters. The number of alkyl halides is 2. The number of amides is 2. The van der Waals surface area contributed by atoms with Gasteiger partial charge < -0.3 is 5.32 Å². The number of hydrogen-bond donors (Lipinski definition) is 2. The molecule has 0 radical (unpaired) electrons. The van der Waals surface area contributed by atoms with Gasteiger partial charge in [0.25, 0.3) is 0 Å². The molecule has 0 aromatic heterocycles. The fraction of sp³-hybridized carbons (Fsp3) is 0.667. The van der Waals surface area contributed by atoms with Crippen molar-refractivity contribution in [3.05, 3.63) is 0 Å². The van der Waals surface area contributed by atoms with Crippen molar-refractivity contribution in [3.8, 4) is 0 Å². The van der Waals surface area contributed by atoms with Crippen LogP contribution >= 0.6 is 0 Å². The minimum atomic E-state index is -2.78. The number of halogens is 2. The van der Waals surface area contributed by atoms with Crippen LogP contribution in [-0.2, 0) is 0 Å². The summed E-state index contributed by atoms with van der Waals surface area (Å²) >= 11 is 0. The molecule has 0 aromatic carbocycles. The average Bonchev–Trinajstić information content (AvgIpc) is 1.65. The average molecular weight is 124 g/mol. The molecule has 0 aromatic rings. The second kappa shape index (κ2) is 3.17. The zero-order valence-corrected chi connectivity index (χ0v) is 4.24. The van der Waals surface area contributed by atoms with Gasteiger partial charge in [-0.05, 0) is 0 Å². The largest absolute Gasteiger partial charge is 0.341 e. The Balaban J connectivity index is 3.25. The van der Waals surface area contributed by atoms with E-state index in [1.807, 2.05) is 5.32 Å². The van der Waals surface area contributed by atoms with Crippen LogP contribution in [0.2, 0.25) is 0 Å². The first-order chi connectivity index (χ1) is 3.66. The Kier molecular flexibility index (Phi) is 2.83. The Morgan fingerprint density at radius 3 is 2.25 bits per heavy atom. The fourth-order valence-corrected chi connectivity index (χ4v) is 0.171. The normalized spacial score (nSPS) is 9.00. The lowest BCUT2D eigenvalue weighted by Crippen LogP contribution is -2.35. The van der Waals surface area contributed by atoms with Crippen LogP contribution in [0.3, 0.4) is 0 Å². The fourth-order valence-electron chi connectivity index (χ4n) is 0.171. The first kappa shape index (κ1) is 7.13. The number of nitrogens with one attached hydrogen (secondary N) is 2. The van der Waals surface area contributed by atoms with Crippen molar-refractivity contribution in [3.63, 3.8) is 0 Å². The van der Waals surface area contributed by atoms with Gasteiger partial charge in [0.05, 0.1) is 0 Å². The van der Waals surface area contributed by atoms with Crippen molar-refractivity contribution < 1.29 is 13.6 Å². The molecule has 0 heterocycles. The van der Waals surface area contributed by atoms with Crippen LogP contribution < -0.4 is 10.6 Å². The molecule has 0 saturated heterocycles. The molecule has 5 heteroatoms. The summed E-state index contributed by atoms with van der Waals surface area (Å²) in [5, 5.41) is 3.28.